The van der Waals surface area contributed by atoms with E-state index in [1.54, 1.807) is 35.2 Å². The van der Waals surface area contributed by atoms with Gasteiger partial charge in [0.05, 0.1) is 10.0 Å². The van der Waals surface area contributed by atoms with Gasteiger partial charge in [-0.05, 0) is 35.9 Å². The molecule has 2 aromatic carbocycles. The van der Waals surface area contributed by atoms with Crippen LogP contribution in [0, 0.1) is 0 Å². The topological polar surface area (TPSA) is 49.4 Å². The third-order valence-electron chi connectivity index (χ3n) is 3.54. The number of benzene rings is 2. The van der Waals surface area contributed by atoms with E-state index in [1.807, 2.05) is 12.1 Å². The van der Waals surface area contributed by atoms with Crippen molar-refractivity contribution in [3.63, 3.8) is 0 Å². The number of halogens is 3. The third-order valence-corrected chi connectivity index (χ3v) is 4.54. The quantitative estimate of drug-likeness (QED) is 0.741. The number of carbonyl (C=O) groups is 2. The zero-order valence-electron chi connectivity index (χ0n) is 13.6. The van der Waals surface area contributed by atoms with Crippen molar-refractivity contribution in [3.8, 4) is 0 Å². The molecular weight excluding hydrogens is 383 g/mol. The number of nitrogens with zero attached hydrogens (tertiary/aromatic N) is 1. The first-order valence-corrected chi connectivity index (χ1v) is 8.73. The summed E-state index contributed by atoms with van der Waals surface area (Å²) in [6.45, 7) is 2.21. The lowest BCUT2D eigenvalue weighted by Gasteiger charge is -2.21. The Morgan fingerprint density at radius 2 is 1.68 bits per heavy atom. The molecule has 0 saturated heterocycles. The van der Waals surface area contributed by atoms with Crippen molar-refractivity contribution in [1.29, 1.82) is 0 Å². The fourth-order valence-electron chi connectivity index (χ4n) is 2.19. The van der Waals surface area contributed by atoms with Crippen LogP contribution in [0.2, 0.25) is 15.1 Å². The average Bonchev–Trinajstić information content (AvgIpc) is 2.56. The average molecular weight is 400 g/mol. The molecule has 0 aromatic heterocycles. The summed E-state index contributed by atoms with van der Waals surface area (Å²) in [5.74, 6) is -0.307. The maximum atomic E-state index is 12.1. The number of carbonyl (C=O) groups excluding carboxylic acids is 2. The Balaban J connectivity index is 1.91. The van der Waals surface area contributed by atoms with Crippen LogP contribution in [0.4, 0.5) is 5.69 Å². The van der Waals surface area contributed by atoms with Crippen LogP contribution in [0.15, 0.2) is 42.5 Å². The van der Waals surface area contributed by atoms with Crippen molar-refractivity contribution in [2.75, 3.05) is 11.9 Å². The van der Waals surface area contributed by atoms with E-state index in [1.165, 1.54) is 6.92 Å². The van der Waals surface area contributed by atoms with Crippen molar-refractivity contribution >= 4 is 52.3 Å². The predicted molar refractivity (Wildman–Crippen MR) is 102 cm³/mol. The van der Waals surface area contributed by atoms with Crippen LogP contribution in [0.1, 0.15) is 18.9 Å². The minimum absolute atomic E-state index is 0.0997. The van der Waals surface area contributed by atoms with Crippen molar-refractivity contribution < 1.29 is 9.59 Å². The molecule has 0 aliphatic rings. The zero-order chi connectivity index (χ0) is 18.4. The summed E-state index contributed by atoms with van der Waals surface area (Å²) in [5.41, 5.74) is 1.51. The summed E-state index contributed by atoms with van der Waals surface area (Å²) in [7, 11) is 0. The van der Waals surface area contributed by atoms with Crippen LogP contribution in [0.5, 0.6) is 0 Å². The third kappa shape index (κ3) is 6.24. The molecule has 0 spiro atoms. The molecule has 4 nitrogen and oxygen atoms in total. The van der Waals surface area contributed by atoms with E-state index in [4.69, 9.17) is 34.8 Å². The standard InChI is InChI=1S/C18H17Cl3N2O2/c1-12(24)23(11-13-2-4-14(19)5-3-13)9-8-18(25)22-15-6-7-16(20)17(21)10-15/h2-7,10H,8-9,11H2,1H3,(H,22,25). The molecule has 1 N–H and O–H groups in total. The monoisotopic (exact) mass is 398 g/mol. The molecule has 0 unspecified atom stereocenters. The van der Waals surface area contributed by atoms with Gasteiger partial charge in [-0.25, -0.2) is 0 Å². The maximum Gasteiger partial charge on any atom is 0.226 e. The molecule has 132 valence electrons. The highest BCUT2D eigenvalue weighted by molar-refractivity contribution is 6.42. The Morgan fingerprint density at radius 3 is 2.28 bits per heavy atom. The maximum absolute atomic E-state index is 12.1. The molecule has 0 atom stereocenters. The number of hydrogen-bond acceptors (Lipinski definition) is 2. The lowest BCUT2D eigenvalue weighted by Crippen LogP contribution is -2.31. The van der Waals surface area contributed by atoms with Crippen LogP contribution in [0.25, 0.3) is 0 Å². The molecule has 0 heterocycles. The van der Waals surface area contributed by atoms with Crippen LogP contribution >= 0.6 is 34.8 Å². The minimum atomic E-state index is -0.208. The molecule has 0 aliphatic heterocycles. The van der Waals surface area contributed by atoms with E-state index < -0.39 is 0 Å². The van der Waals surface area contributed by atoms with Gasteiger partial charge in [-0.15, -0.1) is 0 Å². The molecule has 0 fully saturated rings. The Bertz CT molecular complexity index is 763. The van der Waals surface area contributed by atoms with E-state index in [0.29, 0.717) is 33.8 Å². The van der Waals surface area contributed by atoms with Gasteiger partial charge in [-0.3, -0.25) is 9.59 Å². The molecule has 0 saturated carbocycles. The molecule has 25 heavy (non-hydrogen) atoms. The first kappa shape index (κ1) is 19.6. The Kier molecular flexibility index (Phi) is 7.12. The summed E-state index contributed by atoms with van der Waals surface area (Å²) in [4.78, 5) is 25.5. The van der Waals surface area contributed by atoms with Gasteiger partial charge in [-0.2, -0.15) is 0 Å². The van der Waals surface area contributed by atoms with Gasteiger partial charge >= 0.3 is 0 Å². The highest BCUT2D eigenvalue weighted by Crippen LogP contribution is 2.25. The van der Waals surface area contributed by atoms with E-state index in [2.05, 4.69) is 5.32 Å². The van der Waals surface area contributed by atoms with Gasteiger partial charge in [-0.1, -0.05) is 46.9 Å². The second-order valence-corrected chi connectivity index (χ2v) is 6.74. The second-order valence-electron chi connectivity index (χ2n) is 5.49. The van der Waals surface area contributed by atoms with Gasteiger partial charge < -0.3 is 10.2 Å². The SMILES string of the molecule is CC(=O)N(CCC(=O)Nc1ccc(Cl)c(Cl)c1)Cc1ccc(Cl)cc1. The molecule has 2 amide bonds. The summed E-state index contributed by atoms with van der Waals surface area (Å²) in [5, 5.41) is 4.17. The fraction of sp³-hybridized carbons (Fsp3) is 0.222. The van der Waals surface area contributed by atoms with Crippen LogP contribution in [-0.2, 0) is 16.1 Å². The number of anilines is 1. The van der Waals surface area contributed by atoms with Crippen molar-refractivity contribution in [1.82, 2.24) is 4.90 Å². The largest absolute Gasteiger partial charge is 0.338 e. The van der Waals surface area contributed by atoms with Gasteiger partial charge in [0, 0.05) is 37.1 Å². The van der Waals surface area contributed by atoms with E-state index in [-0.39, 0.29) is 18.2 Å². The first-order valence-electron chi connectivity index (χ1n) is 7.60. The normalized spacial score (nSPS) is 10.4. The summed E-state index contributed by atoms with van der Waals surface area (Å²) >= 11 is 17.6. The summed E-state index contributed by atoms with van der Waals surface area (Å²) in [6, 6.07) is 12.1. The molecular formula is C18H17Cl3N2O2. The van der Waals surface area contributed by atoms with Gasteiger partial charge in [0.25, 0.3) is 0 Å². The fourth-order valence-corrected chi connectivity index (χ4v) is 2.62. The van der Waals surface area contributed by atoms with E-state index >= 15 is 0 Å². The summed E-state index contributed by atoms with van der Waals surface area (Å²) < 4.78 is 0. The van der Waals surface area contributed by atoms with Crippen LogP contribution in [-0.4, -0.2) is 23.3 Å². The van der Waals surface area contributed by atoms with E-state index in [0.717, 1.165) is 5.56 Å². The van der Waals surface area contributed by atoms with Crippen LogP contribution < -0.4 is 5.32 Å². The number of rotatable bonds is 6. The smallest absolute Gasteiger partial charge is 0.226 e. The number of amides is 2. The highest BCUT2D eigenvalue weighted by Gasteiger charge is 2.12. The lowest BCUT2D eigenvalue weighted by atomic mass is 10.2. The number of hydrogen-bond donors (Lipinski definition) is 1. The van der Waals surface area contributed by atoms with Gasteiger partial charge in [0.1, 0.15) is 0 Å². The Morgan fingerprint density at radius 1 is 1.00 bits per heavy atom. The minimum Gasteiger partial charge on any atom is -0.338 e. The Hall–Kier alpha value is -1.75. The van der Waals surface area contributed by atoms with E-state index in [9.17, 15) is 9.59 Å². The Labute approximate surface area is 161 Å². The zero-order valence-corrected chi connectivity index (χ0v) is 15.8. The second kappa shape index (κ2) is 9.09. The highest BCUT2D eigenvalue weighted by atomic mass is 35.5. The van der Waals surface area contributed by atoms with Gasteiger partial charge in [0.15, 0.2) is 0 Å². The van der Waals surface area contributed by atoms with Crippen LogP contribution in [0.3, 0.4) is 0 Å². The molecule has 0 aliphatic carbocycles. The van der Waals surface area contributed by atoms with Crippen molar-refractivity contribution in [3.05, 3.63) is 63.1 Å². The van der Waals surface area contributed by atoms with Crippen molar-refractivity contribution in [2.45, 2.75) is 19.9 Å². The summed E-state index contributed by atoms with van der Waals surface area (Å²) in [6.07, 6.45) is 0.174. The molecule has 2 aromatic rings. The number of nitrogens with one attached hydrogen (secondary N) is 1. The lowest BCUT2D eigenvalue weighted by molar-refractivity contribution is -0.129. The molecule has 0 radical (unpaired) electrons. The predicted octanol–water partition coefficient (Wildman–Crippen LogP) is 5.02. The van der Waals surface area contributed by atoms with Crippen molar-refractivity contribution in [2.24, 2.45) is 0 Å². The molecule has 0 bridgehead atoms. The van der Waals surface area contributed by atoms with Gasteiger partial charge in [0.2, 0.25) is 11.8 Å². The first-order chi connectivity index (χ1) is 11.8. The molecule has 7 heteroatoms. The molecule has 2 rings (SSSR count).